The van der Waals surface area contributed by atoms with Gasteiger partial charge in [-0.15, -0.1) is 0 Å². The number of nitrogens with zero attached hydrogens (tertiary/aromatic N) is 2. The van der Waals surface area contributed by atoms with E-state index < -0.39 is 6.04 Å². The van der Waals surface area contributed by atoms with Crippen molar-refractivity contribution < 1.29 is 4.79 Å². The second-order valence-electron chi connectivity index (χ2n) is 4.78. The van der Waals surface area contributed by atoms with Gasteiger partial charge < -0.3 is 11.1 Å². The Kier molecular flexibility index (Phi) is 4.20. The molecule has 0 radical (unpaired) electrons. The van der Waals surface area contributed by atoms with Crippen molar-refractivity contribution in [2.45, 2.75) is 26.3 Å². The van der Waals surface area contributed by atoms with Crippen LogP contribution in [0, 0.1) is 6.92 Å². The molecule has 2 aromatic rings. The number of carbonyl (C=O) groups is 1. The summed E-state index contributed by atoms with van der Waals surface area (Å²) in [5, 5.41) is 7.24. The van der Waals surface area contributed by atoms with Gasteiger partial charge in [-0.3, -0.25) is 9.48 Å². The molecule has 20 heavy (non-hydrogen) atoms. The van der Waals surface area contributed by atoms with Gasteiger partial charge in [-0.2, -0.15) is 5.10 Å². The zero-order valence-corrected chi connectivity index (χ0v) is 12.1. The number of hydrogen-bond donors (Lipinski definition) is 2. The van der Waals surface area contributed by atoms with Crippen molar-refractivity contribution in [2.75, 3.05) is 5.32 Å². The highest BCUT2D eigenvalue weighted by molar-refractivity contribution is 5.95. The molecular weight excluding hydrogens is 252 g/mol. The van der Waals surface area contributed by atoms with Crippen LogP contribution in [-0.2, 0) is 18.3 Å². The van der Waals surface area contributed by atoms with Gasteiger partial charge in [0.2, 0.25) is 5.91 Å². The first kappa shape index (κ1) is 14.3. The smallest absolute Gasteiger partial charge is 0.247 e. The van der Waals surface area contributed by atoms with Crippen molar-refractivity contribution in [2.24, 2.45) is 12.8 Å². The Bertz CT molecular complexity index is 604. The van der Waals surface area contributed by atoms with Crippen molar-refractivity contribution in [1.29, 1.82) is 0 Å². The average Bonchev–Trinajstić information content (AvgIpc) is 2.74. The first-order valence-corrected chi connectivity index (χ1v) is 6.68. The summed E-state index contributed by atoms with van der Waals surface area (Å²) in [7, 11) is 1.82. The number of aromatic nitrogens is 2. The van der Waals surface area contributed by atoms with E-state index in [1.54, 1.807) is 4.68 Å². The number of benzene rings is 1. The van der Waals surface area contributed by atoms with Gasteiger partial charge in [0.15, 0.2) is 0 Å². The van der Waals surface area contributed by atoms with Gasteiger partial charge in [-0.25, -0.2) is 0 Å². The molecule has 0 aliphatic rings. The van der Waals surface area contributed by atoms with Gasteiger partial charge in [0.25, 0.3) is 0 Å². The topological polar surface area (TPSA) is 72.9 Å². The highest BCUT2D eigenvalue weighted by atomic mass is 16.2. The van der Waals surface area contributed by atoms with Crippen LogP contribution in [0.3, 0.4) is 0 Å². The molecule has 0 saturated heterocycles. The number of rotatable bonds is 4. The lowest BCUT2D eigenvalue weighted by atomic mass is 10.1. The fourth-order valence-electron chi connectivity index (χ4n) is 2.20. The van der Waals surface area contributed by atoms with Crippen LogP contribution in [0.25, 0.3) is 0 Å². The highest BCUT2D eigenvalue weighted by Gasteiger charge is 2.19. The Morgan fingerprint density at radius 3 is 2.60 bits per heavy atom. The van der Waals surface area contributed by atoms with E-state index in [0.29, 0.717) is 5.82 Å². The number of nitrogens with one attached hydrogen (secondary N) is 1. The Labute approximate surface area is 118 Å². The lowest BCUT2D eigenvalue weighted by molar-refractivity contribution is -0.117. The predicted molar refractivity (Wildman–Crippen MR) is 79.3 cm³/mol. The quantitative estimate of drug-likeness (QED) is 0.893. The summed E-state index contributed by atoms with van der Waals surface area (Å²) in [4.78, 5) is 12.2. The maximum absolute atomic E-state index is 12.2. The third-order valence-corrected chi connectivity index (χ3v) is 3.40. The molecule has 1 aromatic carbocycles. The number of anilines is 1. The summed E-state index contributed by atoms with van der Waals surface area (Å²) < 4.78 is 1.68. The average molecular weight is 272 g/mol. The summed E-state index contributed by atoms with van der Waals surface area (Å²) in [6, 6.07) is 8.64. The molecule has 0 unspecified atom stereocenters. The van der Waals surface area contributed by atoms with E-state index in [4.69, 9.17) is 5.73 Å². The van der Waals surface area contributed by atoms with Gasteiger partial charge in [0, 0.05) is 12.6 Å². The zero-order chi connectivity index (χ0) is 14.7. The van der Waals surface area contributed by atoms with Crippen molar-refractivity contribution in [3.05, 3.63) is 47.2 Å². The van der Waals surface area contributed by atoms with Crippen molar-refractivity contribution in [3.63, 3.8) is 0 Å². The fourth-order valence-corrected chi connectivity index (χ4v) is 2.20. The normalized spacial score (nSPS) is 12.2. The molecule has 0 aliphatic heterocycles. The van der Waals surface area contributed by atoms with Crippen molar-refractivity contribution in [3.8, 4) is 0 Å². The predicted octanol–water partition coefficient (Wildman–Crippen LogP) is 1.93. The lowest BCUT2D eigenvalue weighted by Crippen LogP contribution is -2.28. The molecule has 0 aliphatic carbocycles. The van der Waals surface area contributed by atoms with E-state index in [-0.39, 0.29) is 5.91 Å². The molecule has 0 fully saturated rings. The number of hydrogen-bond acceptors (Lipinski definition) is 3. The highest BCUT2D eigenvalue weighted by Crippen LogP contribution is 2.20. The standard InChI is InChI=1S/C15H20N4O/c1-4-12-10(2)14(19(3)18-12)17-15(20)13(16)11-8-6-5-7-9-11/h5-9,13H,4,16H2,1-3H3,(H,17,20)/t13-/m1/s1. The Morgan fingerprint density at radius 2 is 2.05 bits per heavy atom. The van der Waals surface area contributed by atoms with Crippen LogP contribution >= 0.6 is 0 Å². The molecular formula is C15H20N4O. The molecule has 1 heterocycles. The Morgan fingerprint density at radius 1 is 1.40 bits per heavy atom. The van der Waals surface area contributed by atoms with Crippen LogP contribution in [0.15, 0.2) is 30.3 Å². The Hall–Kier alpha value is -2.14. The van der Waals surface area contributed by atoms with Crippen LogP contribution in [0.1, 0.15) is 29.8 Å². The minimum atomic E-state index is -0.685. The summed E-state index contributed by atoms with van der Waals surface area (Å²) in [5.41, 5.74) is 8.75. The van der Waals surface area contributed by atoms with Crippen molar-refractivity contribution >= 4 is 11.7 Å². The van der Waals surface area contributed by atoms with E-state index >= 15 is 0 Å². The number of amides is 1. The molecule has 0 bridgehead atoms. The SMILES string of the molecule is CCc1nn(C)c(NC(=O)[C@H](N)c2ccccc2)c1C. The largest absolute Gasteiger partial charge is 0.316 e. The summed E-state index contributed by atoms with van der Waals surface area (Å²) in [6.45, 7) is 3.99. The maximum Gasteiger partial charge on any atom is 0.247 e. The second-order valence-corrected chi connectivity index (χ2v) is 4.78. The van der Waals surface area contributed by atoms with Gasteiger partial charge in [0.1, 0.15) is 11.9 Å². The maximum atomic E-state index is 12.2. The molecule has 1 amide bonds. The van der Waals surface area contributed by atoms with E-state index in [1.807, 2.05) is 51.2 Å². The minimum Gasteiger partial charge on any atom is -0.316 e. The van der Waals surface area contributed by atoms with E-state index in [0.717, 1.165) is 23.2 Å². The summed E-state index contributed by atoms with van der Waals surface area (Å²) in [6.07, 6.45) is 0.834. The van der Waals surface area contributed by atoms with Crippen LogP contribution < -0.4 is 11.1 Å². The van der Waals surface area contributed by atoms with Gasteiger partial charge in [-0.05, 0) is 18.9 Å². The molecule has 3 N–H and O–H groups in total. The van der Waals surface area contributed by atoms with Crippen LogP contribution in [0.5, 0.6) is 0 Å². The van der Waals surface area contributed by atoms with E-state index in [1.165, 1.54) is 0 Å². The van der Waals surface area contributed by atoms with Crippen LogP contribution in [0.4, 0.5) is 5.82 Å². The summed E-state index contributed by atoms with van der Waals surface area (Å²) in [5.74, 6) is 0.475. The minimum absolute atomic E-state index is 0.232. The molecule has 0 saturated carbocycles. The van der Waals surface area contributed by atoms with Gasteiger partial charge in [0.05, 0.1) is 5.69 Å². The third-order valence-electron chi connectivity index (χ3n) is 3.40. The molecule has 106 valence electrons. The molecule has 2 rings (SSSR count). The Balaban J connectivity index is 2.18. The number of nitrogens with two attached hydrogens (primary N) is 1. The third kappa shape index (κ3) is 2.72. The van der Waals surface area contributed by atoms with Gasteiger partial charge in [-0.1, -0.05) is 37.3 Å². The molecule has 5 nitrogen and oxygen atoms in total. The zero-order valence-electron chi connectivity index (χ0n) is 12.1. The number of carbonyl (C=O) groups excluding carboxylic acids is 1. The summed E-state index contributed by atoms with van der Waals surface area (Å²) >= 11 is 0. The van der Waals surface area contributed by atoms with Gasteiger partial charge >= 0.3 is 0 Å². The van der Waals surface area contributed by atoms with E-state index in [2.05, 4.69) is 10.4 Å². The molecule has 5 heteroatoms. The first-order valence-electron chi connectivity index (χ1n) is 6.68. The van der Waals surface area contributed by atoms with Crippen molar-refractivity contribution in [1.82, 2.24) is 9.78 Å². The second kappa shape index (κ2) is 5.88. The molecule has 1 atom stereocenters. The molecule has 0 spiro atoms. The molecule has 1 aromatic heterocycles. The fraction of sp³-hybridized carbons (Fsp3) is 0.333. The first-order chi connectivity index (χ1) is 9.54. The van der Waals surface area contributed by atoms with Crippen LogP contribution in [-0.4, -0.2) is 15.7 Å². The monoisotopic (exact) mass is 272 g/mol. The number of aryl methyl sites for hydroxylation is 2. The van der Waals surface area contributed by atoms with E-state index in [9.17, 15) is 4.79 Å². The van der Waals surface area contributed by atoms with Crippen LogP contribution in [0.2, 0.25) is 0 Å². The lowest BCUT2D eigenvalue weighted by Gasteiger charge is -2.13.